The average Bonchev–Trinajstić information content (AvgIpc) is 2.38. The maximum Gasteiger partial charge on any atom is 0.325 e. The number of hydrogen-bond acceptors (Lipinski definition) is 4. The van der Waals surface area contributed by atoms with Gasteiger partial charge in [0.1, 0.15) is 0 Å². The molecule has 104 valence electrons. The molecule has 0 atom stereocenters. The van der Waals surface area contributed by atoms with Gasteiger partial charge in [-0.15, -0.1) is 0 Å². The van der Waals surface area contributed by atoms with Crippen molar-refractivity contribution < 1.29 is 19.5 Å². The molecular formula is C13H13N3O4. The number of hydrogen-bond donors (Lipinski definition) is 3. The van der Waals surface area contributed by atoms with Crippen molar-refractivity contribution in [3.8, 4) is 6.07 Å². The molecule has 0 heterocycles. The molecule has 0 radical (unpaired) electrons. The van der Waals surface area contributed by atoms with E-state index in [1.165, 1.54) is 6.07 Å². The highest BCUT2D eigenvalue weighted by Gasteiger charge is 2.09. The van der Waals surface area contributed by atoms with E-state index in [-0.39, 0.29) is 19.3 Å². The first-order chi connectivity index (χ1) is 9.51. The molecule has 1 aromatic carbocycles. The van der Waals surface area contributed by atoms with Crippen molar-refractivity contribution in [2.45, 2.75) is 19.3 Å². The number of nitrogens with zero attached hydrogens (tertiary/aromatic N) is 1. The SMILES string of the molecule is N#Cc1cccc(NC(=O)NC(=O)CCCC(=O)O)c1. The largest absolute Gasteiger partial charge is 0.481 e. The normalized spacial score (nSPS) is 9.35. The van der Waals surface area contributed by atoms with Crippen LogP contribution in [0.25, 0.3) is 0 Å². The highest BCUT2D eigenvalue weighted by molar-refractivity contribution is 6.01. The average molecular weight is 275 g/mol. The van der Waals surface area contributed by atoms with Gasteiger partial charge in [0.05, 0.1) is 11.6 Å². The minimum absolute atomic E-state index is 0.0437. The Kier molecular flexibility index (Phi) is 5.72. The monoisotopic (exact) mass is 275 g/mol. The van der Waals surface area contributed by atoms with Crippen molar-refractivity contribution in [1.29, 1.82) is 5.26 Å². The lowest BCUT2D eigenvalue weighted by atomic mass is 10.2. The number of amides is 3. The number of carboxylic acid groups (broad SMARTS) is 1. The quantitative estimate of drug-likeness (QED) is 0.751. The van der Waals surface area contributed by atoms with Gasteiger partial charge in [-0.3, -0.25) is 14.9 Å². The Morgan fingerprint density at radius 3 is 2.65 bits per heavy atom. The van der Waals surface area contributed by atoms with Crippen molar-refractivity contribution in [3.05, 3.63) is 29.8 Å². The molecule has 1 rings (SSSR count). The Morgan fingerprint density at radius 2 is 2.00 bits per heavy atom. The zero-order valence-electron chi connectivity index (χ0n) is 10.5. The number of carbonyl (C=O) groups is 3. The van der Waals surface area contributed by atoms with Crippen molar-refractivity contribution in [2.24, 2.45) is 0 Å². The highest BCUT2D eigenvalue weighted by Crippen LogP contribution is 2.09. The van der Waals surface area contributed by atoms with Gasteiger partial charge in [-0.2, -0.15) is 5.26 Å². The fraction of sp³-hybridized carbons (Fsp3) is 0.231. The molecule has 3 N–H and O–H groups in total. The second kappa shape index (κ2) is 7.53. The molecule has 0 spiro atoms. The summed E-state index contributed by atoms with van der Waals surface area (Å²) in [5.74, 6) is -1.55. The van der Waals surface area contributed by atoms with Crippen LogP contribution >= 0.6 is 0 Å². The molecule has 0 aliphatic rings. The first kappa shape index (κ1) is 15.2. The van der Waals surface area contributed by atoms with Crippen LogP contribution in [0.15, 0.2) is 24.3 Å². The van der Waals surface area contributed by atoms with E-state index in [0.29, 0.717) is 11.3 Å². The Bertz CT molecular complexity index is 563. The van der Waals surface area contributed by atoms with Gasteiger partial charge in [0, 0.05) is 18.5 Å². The van der Waals surface area contributed by atoms with E-state index in [9.17, 15) is 14.4 Å². The fourth-order valence-corrected chi connectivity index (χ4v) is 1.42. The van der Waals surface area contributed by atoms with Crippen LogP contribution in [0.2, 0.25) is 0 Å². The fourth-order valence-electron chi connectivity index (χ4n) is 1.42. The highest BCUT2D eigenvalue weighted by atomic mass is 16.4. The molecule has 0 saturated carbocycles. The molecule has 3 amide bonds. The third-order valence-corrected chi connectivity index (χ3v) is 2.30. The van der Waals surface area contributed by atoms with E-state index in [0.717, 1.165) is 0 Å². The molecule has 0 aromatic heterocycles. The molecule has 0 saturated heterocycles. The van der Waals surface area contributed by atoms with Gasteiger partial charge in [0.25, 0.3) is 0 Å². The first-order valence-corrected chi connectivity index (χ1v) is 5.84. The predicted molar refractivity (Wildman–Crippen MR) is 69.8 cm³/mol. The van der Waals surface area contributed by atoms with E-state index in [4.69, 9.17) is 10.4 Å². The van der Waals surface area contributed by atoms with Crippen LogP contribution in [0.5, 0.6) is 0 Å². The lowest BCUT2D eigenvalue weighted by Crippen LogP contribution is -2.34. The smallest absolute Gasteiger partial charge is 0.325 e. The molecule has 20 heavy (non-hydrogen) atoms. The van der Waals surface area contributed by atoms with Crippen LogP contribution in [0.1, 0.15) is 24.8 Å². The van der Waals surface area contributed by atoms with Gasteiger partial charge in [-0.1, -0.05) is 6.07 Å². The third-order valence-electron chi connectivity index (χ3n) is 2.30. The van der Waals surface area contributed by atoms with Crippen molar-refractivity contribution in [3.63, 3.8) is 0 Å². The number of nitrogens with one attached hydrogen (secondary N) is 2. The van der Waals surface area contributed by atoms with Crippen molar-refractivity contribution in [1.82, 2.24) is 5.32 Å². The summed E-state index contributed by atoms with van der Waals surface area (Å²) in [4.78, 5) is 33.1. The lowest BCUT2D eigenvalue weighted by molar-refractivity contribution is -0.137. The van der Waals surface area contributed by atoms with Crippen LogP contribution < -0.4 is 10.6 Å². The molecule has 7 heteroatoms. The molecule has 7 nitrogen and oxygen atoms in total. The number of rotatable bonds is 5. The van der Waals surface area contributed by atoms with Gasteiger partial charge in [0.15, 0.2) is 0 Å². The number of anilines is 1. The summed E-state index contributed by atoms with van der Waals surface area (Å²) in [5.41, 5.74) is 0.774. The standard InChI is InChI=1S/C13H13N3O4/c14-8-9-3-1-4-10(7-9)15-13(20)16-11(17)5-2-6-12(18)19/h1,3-4,7H,2,5-6H2,(H,18,19)(H2,15,16,17,20). The number of carboxylic acids is 1. The third kappa shape index (κ3) is 5.64. The minimum atomic E-state index is -0.990. The lowest BCUT2D eigenvalue weighted by Gasteiger charge is -2.06. The maximum atomic E-state index is 11.5. The molecule has 0 bridgehead atoms. The topological polar surface area (TPSA) is 119 Å². The second-order valence-corrected chi connectivity index (χ2v) is 3.94. The number of nitriles is 1. The van der Waals surface area contributed by atoms with Crippen LogP contribution in [0.4, 0.5) is 10.5 Å². The summed E-state index contributed by atoms with van der Waals surface area (Å²) >= 11 is 0. The van der Waals surface area contributed by atoms with E-state index < -0.39 is 17.9 Å². The molecule has 0 aliphatic heterocycles. The Balaban J connectivity index is 2.41. The van der Waals surface area contributed by atoms with Gasteiger partial charge in [0.2, 0.25) is 5.91 Å². The molecular weight excluding hydrogens is 262 g/mol. The number of urea groups is 1. The van der Waals surface area contributed by atoms with E-state index >= 15 is 0 Å². The Hall–Kier alpha value is -2.88. The van der Waals surface area contributed by atoms with Gasteiger partial charge in [-0.25, -0.2) is 4.79 Å². The minimum Gasteiger partial charge on any atom is -0.481 e. The van der Waals surface area contributed by atoms with Crippen LogP contribution in [0.3, 0.4) is 0 Å². The zero-order chi connectivity index (χ0) is 15.0. The molecule has 0 unspecified atom stereocenters. The van der Waals surface area contributed by atoms with Crippen LogP contribution in [-0.4, -0.2) is 23.0 Å². The summed E-state index contributed by atoms with van der Waals surface area (Å²) in [6.45, 7) is 0. The van der Waals surface area contributed by atoms with Crippen LogP contribution in [-0.2, 0) is 9.59 Å². The van der Waals surface area contributed by atoms with Crippen LogP contribution in [0, 0.1) is 11.3 Å². The number of carbonyl (C=O) groups excluding carboxylic acids is 2. The predicted octanol–water partition coefficient (Wildman–Crippen LogP) is 1.46. The zero-order valence-corrected chi connectivity index (χ0v) is 10.5. The Morgan fingerprint density at radius 1 is 1.25 bits per heavy atom. The second-order valence-electron chi connectivity index (χ2n) is 3.94. The number of imide groups is 1. The number of benzene rings is 1. The van der Waals surface area contributed by atoms with E-state index in [1.54, 1.807) is 18.2 Å². The molecule has 0 fully saturated rings. The van der Waals surface area contributed by atoms with Gasteiger partial charge < -0.3 is 10.4 Å². The van der Waals surface area contributed by atoms with Crippen molar-refractivity contribution in [2.75, 3.05) is 5.32 Å². The van der Waals surface area contributed by atoms with E-state index in [1.807, 2.05) is 6.07 Å². The molecule has 1 aromatic rings. The summed E-state index contributed by atoms with van der Waals surface area (Å²) in [5, 5.41) is 21.6. The van der Waals surface area contributed by atoms with Gasteiger partial charge in [-0.05, 0) is 24.6 Å². The summed E-state index contributed by atoms with van der Waals surface area (Å²) in [7, 11) is 0. The first-order valence-electron chi connectivity index (χ1n) is 5.84. The van der Waals surface area contributed by atoms with Gasteiger partial charge >= 0.3 is 12.0 Å². The summed E-state index contributed by atoms with van der Waals surface area (Å²) in [6, 6.07) is 7.43. The van der Waals surface area contributed by atoms with E-state index in [2.05, 4.69) is 10.6 Å². The summed E-state index contributed by atoms with van der Waals surface area (Å²) < 4.78 is 0. The Labute approximate surface area is 115 Å². The van der Waals surface area contributed by atoms with Crippen molar-refractivity contribution >= 4 is 23.6 Å². The maximum absolute atomic E-state index is 11.5. The number of aliphatic carboxylic acids is 1. The molecule has 0 aliphatic carbocycles. The summed E-state index contributed by atoms with van der Waals surface area (Å²) in [6.07, 6.45) is -0.00439.